The second-order valence-electron chi connectivity index (χ2n) is 5.01. The van der Waals surface area contributed by atoms with Gasteiger partial charge >= 0.3 is 0 Å². The fraction of sp³-hybridized carbons (Fsp3) is 0.200. The van der Waals surface area contributed by atoms with E-state index in [1.54, 1.807) is 6.07 Å². The van der Waals surface area contributed by atoms with E-state index in [-0.39, 0.29) is 16.7 Å². The lowest BCUT2D eigenvalue weighted by molar-refractivity contribution is -0.385. The van der Waals surface area contributed by atoms with Crippen molar-refractivity contribution in [3.63, 3.8) is 0 Å². The highest BCUT2D eigenvalue weighted by Crippen LogP contribution is 2.39. The number of nitro benzene ring substituents is 1. The largest absolute Gasteiger partial charge is 0.377 e. The van der Waals surface area contributed by atoms with Crippen LogP contribution in [0.1, 0.15) is 23.6 Å². The van der Waals surface area contributed by atoms with Crippen molar-refractivity contribution >= 4 is 38.9 Å². The molecule has 2 aromatic rings. The number of rotatable bonds is 2. The summed E-state index contributed by atoms with van der Waals surface area (Å²) in [6.07, 6.45) is 1.67. The molecule has 0 saturated heterocycles. The summed E-state index contributed by atoms with van der Waals surface area (Å²) in [5, 5.41) is 15.1. The van der Waals surface area contributed by atoms with Crippen molar-refractivity contribution in [3.8, 4) is 0 Å². The molecular formula is C15H12BrClN2O2. The monoisotopic (exact) mass is 366 g/mol. The number of benzene rings is 2. The number of hydrogen-bond donors (Lipinski definition) is 1. The van der Waals surface area contributed by atoms with Crippen LogP contribution in [0.15, 0.2) is 40.9 Å². The van der Waals surface area contributed by atoms with Crippen molar-refractivity contribution < 1.29 is 4.92 Å². The lowest BCUT2D eigenvalue weighted by Crippen LogP contribution is -2.18. The standard InChI is InChI=1S/C15H12BrClN2O2/c16-13-8-12(19(20)21)7-10-4-5-14(18-15(10)13)9-2-1-3-11(17)6-9/h1-3,6-8,14,18H,4-5H2. The Kier molecular flexibility index (Phi) is 3.87. The highest BCUT2D eigenvalue weighted by Gasteiger charge is 2.23. The Balaban J connectivity index is 1.94. The average Bonchev–Trinajstić information content (AvgIpc) is 2.46. The highest BCUT2D eigenvalue weighted by atomic mass is 79.9. The van der Waals surface area contributed by atoms with Crippen molar-refractivity contribution in [1.29, 1.82) is 0 Å². The fourth-order valence-electron chi connectivity index (χ4n) is 2.63. The van der Waals surface area contributed by atoms with E-state index in [0.717, 1.165) is 34.1 Å². The number of nitrogens with one attached hydrogen (secondary N) is 1. The first-order valence-corrected chi connectivity index (χ1v) is 7.70. The van der Waals surface area contributed by atoms with Crippen molar-refractivity contribution in [2.75, 3.05) is 5.32 Å². The van der Waals surface area contributed by atoms with Gasteiger partial charge in [-0.25, -0.2) is 0 Å². The lowest BCUT2D eigenvalue weighted by Gasteiger charge is -2.28. The molecule has 6 heteroatoms. The maximum Gasteiger partial charge on any atom is 0.270 e. The third-order valence-corrected chi connectivity index (χ3v) is 4.50. The van der Waals surface area contributed by atoms with E-state index in [4.69, 9.17) is 11.6 Å². The molecule has 0 radical (unpaired) electrons. The number of anilines is 1. The van der Waals surface area contributed by atoms with Crippen LogP contribution in [0, 0.1) is 10.1 Å². The molecule has 1 N–H and O–H groups in total. The summed E-state index contributed by atoms with van der Waals surface area (Å²) in [6.45, 7) is 0. The summed E-state index contributed by atoms with van der Waals surface area (Å²) < 4.78 is 0.721. The van der Waals surface area contributed by atoms with Gasteiger partial charge in [-0.2, -0.15) is 0 Å². The van der Waals surface area contributed by atoms with Crippen LogP contribution in [-0.2, 0) is 6.42 Å². The van der Waals surface area contributed by atoms with Crippen LogP contribution in [-0.4, -0.2) is 4.92 Å². The number of aryl methyl sites for hydroxylation is 1. The van der Waals surface area contributed by atoms with Crippen molar-refractivity contribution in [2.24, 2.45) is 0 Å². The summed E-state index contributed by atoms with van der Waals surface area (Å²) in [5.74, 6) is 0. The van der Waals surface area contributed by atoms with Crippen molar-refractivity contribution in [3.05, 3.63) is 67.1 Å². The minimum atomic E-state index is -0.367. The van der Waals surface area contributed by atoms with Crippen LogP contribution >= 0.6 is 27.5 Å². The molecule has 0 saturated carbocycles. The molecule has 1 atom stereocenters. The Hall–Kier alpha value is -1.59. The predicted octanol–water partition coefficient (Wildman–Crippen LogP) is 5.11. The summed E-state index contributed by atoms with van der Waals surface area (Å²) in [4.78, 5) is 10.5. The van der Waals surface area contributed by atoms with E-state index in [9.17, 15) is 10.1 Å². The Labute approximate surface area is 135 Å². The molecule has 1 unspecified atom stereocenters. The Morgan fingerprint density at radius 3 is 2.86 bits per heavy atom. The minimum absolute atomic E-state index is 0.114. The summed E-state index contributed by atoms with van der Waals surface area (Å²) in [5.41, 5.74) is 3.13. The third-order valence-electron chi connectivity index (χ3n) is 3.64. The lowest BCUT2D eigenvalue weighted by atomic mass is 9.93. The Bertz CT molecular complexity index is 721. The van der Waals surface area contributed by atoms with Gasteiger partial charge in [-0.1, -0.05) is 23.7 Å². The van der Waals surface area contributed by atoms with Gasteiger partial charge in [0.1, 0.15) is 0 Å². The molecule has 108 valence electrons. The first-order valence-electron chi connectivity index (χ1n) is 6.53. The smallest absolute Gasteiger partial charge is 0.270 e. The van der Waals surface area contributed by atoms with E-state index in [1.165, 1.54) is 6.07 Å². The maximum absolute atomic E-state index is 10.9. The molecule has 21 heavy (non-hydrogen) atoms. The van der Waals surface area contributed by atoms with Gasteiger partial charge in [0.05, 0.1) is 16.7 Å². The van der Waals surface area contributed by atoms with E-state index in [2.05, 4.69) is 21.2 Å². The molecule has 1 aliphatic rings. The van der Waals surface area contributed by atoms with Gasteiger partial charge in [0.25, 0.3) is 5.69 Å². The van der Waals surface area contributed by atoms with Gasteiger partial charge in [-0.05, 0) is 52.0 Å². The Morgan fingerprint density at radius 2 is 2.14 bits per heavy atom. The molecule has 1 heterocycles. The summed E-state index contributed by atoms with van der Waals surface area (Å²) in [6, 6.07) is 11.1. The van der Waals surface area contributed by atoms with Gasteiger partial charge in [-0.3, -0.25) is 10.1 Å². The molecule has 3 rings (SSSR count). The van der Waals surface area contributed by atoms with Crippen LogP contribution in [0.4, 0.5) is 11.4 Å². The van der Waals surface area contributed by atoms with E-state index in [0.29, 0.717) is 5.02 Å². The first kappa shape index (κ1) is 14.4. The number of hydrogen-bond acceptors (Lipinski definition) is 3. The van der Waals surface area contributed by atoms with Crippen LogP contribution in [0.2, 0.25) is 5.02 Å². The summed E-state index contributed by atoms with van der Waals surface area (Å²) in [7, 11) is 0. The van der Waals surface area contributed by atoms with E-state index in [1.807, 2.05) is 24.3 Å². The van der Waals surface area contributed by atoms with Gasteiger partial charge < -0.3 is 5.32 Å². The van der Waals surface area contributed by atoms with Gasteiger partial charge in [-0.15, -0.1) is 0 Å². The molecule has 2 aromatic carbocycles. The van der Waals surface area contributed by atoms with Crippen LogP contribution in [0.3, 0.4) is 0 Å². The topological polar surface area (TPSA) is 55.2 Å². The third kappa shape index (κ3) is 2.89. The van der Waals surface area contributed by atoms with Crippen LogP contribution < -0.4 is 5.32 Å². The molecular weight excluding hydrogens is 356 g/mol. The minimum Gasteiger partial charge on any atom is -0.377 e. The molecule has 0 aliphatic carbocycles. The molecule has 0 aromatic heterocycles. The normalized spacial score (nSPS) is 17.0. The second-order valence-corrected chi connectivity index (χ2v) is 6.30. The zero-order valence-corrected chi connectivity index (χ0v) is 13.3. The molecule has 4 nitrogen and oxygen atoms in total. The van der Waals surface area contributed by atoms with Crippen molar-refractivity contribution in [1.82, 2.24) is 0 Å². The molecule has 0 bridgehead atoms. The molecule has 0 spiro atoms. The number of non-ortho nitro benzene ring substituents is 1. The SMILES string of the molecule is O=[N+]([O-])c1cc(Br)c2c(c1)CCC(c1cccc(Cl)c1)N2. The second kappa shape index (κ2) is 5.66. The molecule has 0 fully saturated rings. The zero-order chi connectivity index (χ0) is 15.0. The predicted molar refractivity (Wildman–Crippen MR) is 86.9 cm³/mol. The van der Waals surface area contributed by atoms with E-state index >= 15 is 0 Å². The molecule has 0 amide bonds. The zero-order valence-electron chi connectivity index (χ0n) is 11.0. The van der Waals surface area contributed by atoms with Gasteiger partial charge in [0.2, 0.25) is 0 Å². The van der Waals surface area contributed by atoms with Gasteiger partial charge in [0, 0.05) is 21.6 Å². The number of nitro groups is 1. The Morgan fingerprint density at radius 1 is 1.33 bits per heavy atom. The van der Waals surface area contributed by atoms with E-state index < -0.39 is 0 Å². The fourth-order valence-corrected chi connectivity index (χ4v) is 3.43. The summed E-state index contributed by atoms with van der Waals surface area (Å²) >= 11 is 9.46. The number of fused-ring (bicyclic) bond motifs is 1. The molecule has 1 aliphatic heterocycles. The van der Waals surface area contributed by atoms with Crippen LogP contribution in [0.25, 0.3) is 0 Å². The number of halogens is 2. The van der Waals surface area contributed by atoms with Crippen molar-refractivity contribution in [2.45, 2.75) is 18.9 Å². The highest BCUT2D eigenvalue weighted by molar-refractivity contribution is 9.10. The average molecular weight is 368 g/mol. The first-order chi connectivity index (χ1) is 10.0. The van der Waals surface area contributed by atoms with Crippen LogP contribution in [0.5, 0.6) is 0 Å². The maximum atomic E-state index is 10.9. The number of nitrogens with zero attached hydrogens (tertiary/aromatic N) is 1. The van der Waals surface area contributed by atoms with Gasteiger partial charge in [0.15, 0.2) is 0 Å². The quantitative estimate of drug-likeness (QED) is 0.593.